The van der Waals surface area contributed by atoms with Crippen LogP contribution in [0.2, 0.25) is 0 Å². The summed E-state index contributed by atoms with van der Waals surface area (Å²) in [6, 6.07) is 29.2. The molecule has 4 aromatic rings. The van der Waals surface area contributed by atoms with E-state index in [1.54, 1.807) is 0 Å². The van der Waals surface area contributed by atoms with E-state index in [-0.39, 0.29) is 11.7 Å². The van der Waals surface area contributed by atoms with Crippen LogP contribution in [-0.2, 0) is 24.1 Å². The molecule has 43 heavy (non-hydrogen) atoms. The number of para-hydroxylation sites is 1. The van der Waals surface area contributed by atoms with Crippen molar-refractivity contribution in [3.63, 3.8) is 0 Å². The molecule has 2 N–H and O–H groups in total. The van der Waals surface area contributed by atoms with E-state index in [0.29, 0.717) is 12.1 Å². The molecule has 1 heterocycles. The maximum absolute atomic E-state index is 13.7. The molecule has 1 saturated heterocycles. The van der Waals surface area contributed by atoms with Crippen molar-refractivity contribution in [3.05, 3.63) is 125 Å². The highest BCUT2D eigenvalue weighted by Crippen LogP contribution is 2.28. The third-order valence-electron chi connectivity index (χ3n) is 8.06. The van der Waals surface area contributed by atoms with Crippen LogP contribution in [0.15, 0.2) is 91.0 Å². The van der Waals surface area contributed by atoms with Crippen LogP contribution < -0.4 is 10.6 Å². The molecule has 1 aliphatic heterocycles. The van der Waals surface area contributed by atoms with Crippen molar-refractivity contribution < 1.29 is 18.3 Å². The topological polar surface area (TPSA) is 53.6 Å². The first kappa shape index (κ1) is 30.4. The number of likely N-dealkylation sites (tertiary alicyclic amines) is 1. The number of carbonyl (C=O) groups excluding carboxylic acids is 1. The Labute approximate surface area is 252 Å². The minimum absolute atomic E-state index is 0.0591. The van der Waals surface area contributed by atoms with Gasteiger partial charge in [0.2, 0.25) is 0 Å². The van der Waals surface area contributed by atoms with Crippen LogP contribution in [0.5, 0.6) is 0 Å². The Kier molecular flexibility index (Phi) is 10.5. The van der Waals surface area contributed by atoms with Crippen molar-refractivity contribution in [2.45, 2.75) is 45.3 Å². The Morgan fingerprint density at radius 3 is 2.16 bits per heavy atom. The van der Waals surface area contributed by atoms with E-state index in [0.717, 1.165) is 68.7 Å². The Balaban J connectivity index is 0.990. The number of piperidine rings is 1. The summed E-state index contributed by atoms with van der Waals surface area (Å²) >= 11 is 0. The highest BCUT2D eigenvalue weighted by Gasteiger charge is 2.22. The number of carbonyl (C=O) groups is 1. The van der Waals surface area contributed by atoms with E-state index in [1.807, 2.05) is 54.6 Å². The zero-order chi connectivity index (χ0) is 30.0. The maximum Gasteiger partial charge on any atom is 0.411 e. The lowest BCUT2D eigenvalue weighted by molar-refractivity contribution is 0.0593. The van der Waals surface area contributed by atoms with Crippen LogP contribution in [0.1, 0.15) is 35.1 Å². The molecular formula is C36H39F2N3O2. The van der Waals surface area contributed by atoms with E-state index in [4.69, 9.17) is 4.74 Å². The molecule has 0 atom stereocenters. The summed E-state index contributed by atoms with van der Waals surface area (Å²) < 4.78 is 33.2. The van der Waals surface area contributed by atoms with Crippen molar-refractivity contribution in [3.8, 4) is 11.1 Å². The molecule has 0 unspecified atom stereocenters. The zero-order valence-electron chi connectivity index (χ0n) is 24.6. The fourth-order valence-electron chi connectivity index (χ4n) is 5.43. The second-order valence-electron chi connectivity index (χ2n) is 11.2. The fourth-order valence-corrected chi connectivity index (χ4v) is 5.43. The first-order valence-corrected chi connectivity index (χ1v) is 15.0. The monoisotopic (exact) mass is 583 g/mol. The highest BCUT2D eigenvalue weighted by molar-refractivity contribution is 5.91. The minimum atomic E-state index is -0.505. The lowest BCUT2D eigenvalue weighted by atomic mass is 10.0. The molecule has 5 rings (SSSR count). The number of ether oxygens (including phenoxy) is 1. The van der Waals surface area contributed by atoms with Crippen molar-refractivity contribution in [2.75, 3.05) is 31.5 Å². The standard InChI is InChI=1S/C36H39F2N3O2/c1-26-33(37)23-29(24-34(26)38)25-39-19-15-27-11-13-28(14-12-27)16-20-41-21-17-31(18-22-41)43-36(42)40-35-10-6-5-9-32(35)30-7-3-2-4-8-30/h2-14,23-24,31,39H,15-22,25H2,1H3,(H,40,42). The Hall–Kier alpha value is -4.07. The van der Waals surface area contributed by atoms with Crippen molar-refractivity contribution >= 4 is 11.8 Å². The van der Waals surface area contributed by atoms with Crippen LogP contribution in [-0.4, -0.2) is 43.3 Å². The summed E-state index contributed by atoms with van der Waals surface area (Å²) in [7, 11) is 0. The number of nitrogens with zero attached hydrogens (tertiary/aromatic N) is 1. The molecule has 1 fully saturated rings. The van der Waals surface area contributed by atoms with Gasteiger partial charge in [-0.3, -0.25) is 5.32 Å². The van der Waals surface area contributed by atoms with E-state index in [9.17, 15) is 13.6 Å². The number of nitrogens with one attached hydrogen (secondary N) is 2. The molecule has 0 spiro atoms. The number of amides is 1. The molecule has 7 heteroatoms. The van der Waals surface area contributed by atoms with Gasteiger partial charge in [-0.25, -0.2) is 13.6 Å². The molecular weight excluding hydrogens is 544 g/mol. The second-order valence-corrected chi connectivity index (χ2v) is 11.2. The Morgan fingerprint density at radius 1 is 0.837 bits per heavy atom. The van der Waals surface area contributed by atoms with Crippen LogP contribution in [0.25, 0.3) is 11.1 Å². The van der Waals surface area contributed by atoms with Gasteiger partial charge in [0.1, 0.15) is 17.7 Å². The predicted molar refractivity (Wildman–Crippen MR) is 168 cm³/mol. The van der Waals surface area contributed by atoms with Gasteiger partial charge >= 0.3 is 6.09 Å². The molecule has 0 bridgehead atoms. The van der Waals surface area contributed by atoms with Crippen LogP contribution >= 0.6 is 0 Å². The van der Waals surface area contributed by atoms with Crippen LogP contribution in [0.4, 0.5) is 19.3 Å². The number of hydrogen-bond donors (Lipinski definition) is 2. The maximum atomic E-state index is 13.7. The smallest absolute Gasteiger partial charge is 0.411 e. The van der Waals surface area contributed by atoms with Crippen LogP contribution in [0, 0.1) is 18.6 Å². The van der Waals surface area contributed by atoms with Crippen molar-refractivity contribution in [2.24, 2.45) is 0 Å². The lowest BCUT2D eigenvalue weighted by Crippen LogP contribution is -2.39. The fraction of sp³-hybridized carbons (Fsp3) is 0.306. The average molecular weight is 584 g/mol. The molecule has 5 nitrogen and oxygen atoms in total. The number of hydrogen-bond acceptors (Lipinski definition) is 4. The van der Waals surface area contributed by atoms with Gasteiger partial charge in [0.25, 0.3) is 0 Å². The average Bonchev–Trinajstić information content (AvgIpc) is 3.03. The molecule has 0 saturated carbocycles. The molecule has 0 radical (unpaired) electrons. The minimum Gasteiger partial charge on any atom is -0.446 e. The van der Waals surface area contributed by atoms with Crippen LogP contribution in [0.3, 0.4) is 0 Å². The van der Waals surface area contributed by atoms with Gasteiger partial charge in [0, 0.05) is 37.3 Å². The van der Waals surface area contributed by atoms with Gasteiger partial charge in [-0.15, -0.1) is 0 Å². The summed E-state index contributed by atoms with van der Waals surface area (Å²) in [6.45, 7) is 5.37. The summed E-state index contributed by atoms with van der Waals surface area (Å²) in [4.78, 5) is 15.1. The van der Waals surface area contributed by atoms with Gasteiger partial charge in [0.15, 0.2) is 0 Å². The molecule has 1 amide bonds. The first-order valence-electron chi connectivity index (χ1n) is 15.0. The first-order chi connectivity index (χ1) is 20.9. The molecule has 1 aliphatic rings. The van der Waals surface area contributed by atoms with E-state index >= 15 is 0 Å². The number of rotatable bonds is 11. The van der Waals surface area contributed by atoms with E-state index in [1.165, 1.54) is 30.2 Å². The normalized spacial score (nSPS) is 14.0. The summed E-state index contributed by atoms with van der Waals surface area (Å²) in [6.07, 6.45) is 2.96. The van der Waals surface area contributed by atoms with Gasteiger partial charge in [-0.2, -0.15) is 0 Å². The SMILES string of the molecule is Cc1c(F)cc(CNCCc2ccc(CCN3CCC(OC(=O)Nc4ccccc4-c4ccccc4)CC3)cc2)cc1F. The van der Waals surface area contributed by atoms with Gasteiger partial charge < -0.3 is 15.0 Å². The Morgan fingerprint density at radius 2 is 1.47 bits per heavy atom. The predicted octanol–water partition coefficient (Wildman–Crippen LogP) is 7.53. The highest BCUT2D eigenvalue weighted by atomic mass is 19.1. The van der Waals surface area contributed by atoms with Crippen molar-refractivity contribution in [1.29, 1.82) is 0 Å². The number of benzene rings is 4. The molecule has 0 aliphatic carbocycles. The van der Waals surface area contributed by atoms with E-state index in [2.05, 4.69) is 39.8 Å². The molecule has 0 aromatic heterocycles. The summed E-state index contributed by atoms with van der Waals surface area (Å²) in [5, 5.41) is 6.21. The third-order valence-corrected chi connectivity index (χ3v) is 8.06. The molecule has 224 valence electrons. The van der Waals surface area contributed by atoms with Crippen molar-refractivity contribution in [1.82, 2.24) is 10.2 Å². The zero-order valence-corrected chi connectivity index (χ0v) is 24.6. The lowest BCUT2D eigenvalue weighted by Gasteiger charge is -2.31. The van der Waals surface area contributed by atoms with Gasteiger partial charge in [0.05, 0.1) is 5.69 Å². The van der Waals surface area contributed by atoms with Gasteiger partial charge in [-0.1, -0.05) is 72.8 Å². The third kappa shape index (κ3) is 8.72. The molecule has 4 aromatic carbocycles. The number of anilines is 1. The Bertz CT molecular complexity index is 1460. The largest absolute Gasteiger partial charge is 0.446 e. The summed E-state index contributed by atoms with van der Waals surface area (Å²) in [5.74, 6) is -1.01. The number of halogens is 2. The van der Waals surface area contributed by atoms with E-state index < -0.39 is 17.7 Å². The van der Waals surface area contributed by atoms with Gasteiger partial charge in [-0.05, 0) is 79.6 Å². The second kappa shape index (κ2) is 14.9. The quantitative estimate of drug-likeness (QED) is 0.179. The summed E-state index contributed by atoms with van der Waals surface area (Å²) in [5.41, 5.74) is 5.94.